The second kappa shape index (κ2) is 4.21. The maximum absolute atomic E-state index is 12.8. The van der Waals surface area contributed by atoms with Crippen LogP contribution >= 0.6 is 0 Å². The Morgan fingerprint density at radius 2 is 1.27 bits per heavy atom. The number of rotatable bonds is 0. The van der Waals surface area contributed by atoms with Crippen LogP contribution in [0.5, 0.6) is 0 Å². The summed E-state index contributed by atoms with van der Waals surface area (Å²) in [5.74, 6) is 0. The third-order valence-electron chi connectivity index (χ3n) is 2.45. The van der Waals surface area contributed by atoms with Gasteiger partial charge in [0, 0.05) is 0 Å². The van der Waals surface area contributed by atoms with Gasteiger partial charge in [0.1, 0.15) is 0 Å². The molecule has 0 aromatic heterocycles. The second-order valence-electron chi connectivity index (χ2n) is 3.44. The molecule has 0 radical (unpaired) electrons. The van der Waals surface area contributed by atoms with E-state index in [0.29, 0.717) is 19.6 Å². The van der Waals surface area contributed by atoms with Crippen LogP contribution in [-0.4, -0.2) is 63.6 Å². The standard InChI is InChI=1S/C7H12F3GeNO3/c8-7(9,10)11-13-4-1-12(2-5-14-11)3-6-15-11/h1-6H2. The first-order chi connectivity index (χ1) is 7.04. The predicted octanol–water partition coefficient (Wildman–Crippen LogP) is 0.406. The van der Waals surface area contributed by atoms with Crippen molar-refractivity contribution >= 4 is 14.3 Å². The Morgan fingerprint density at radius 1 is 0.867 bits per heavy atom. The molecule has 15 heavy (non-hydrogen) atoms. The van der Waals surface area contributed by atoms with Crippen LogP contribution in [0.2, 0.25) is 0 Å². The molecule has 3 fully saturated rings. The van der Waals surface area contributed by atoms with Gasteiger partial charge >= 0.3 is 88.1 Å². The van der Waals surface area contributed by atoms with Gasteiger partial charge in [0.25, 0.3) is 0 Å². The molecule has 4 nitrogen and oxygen atoms in total. The summed E-state index contributed by atoms with van der Waals surface area (Å²) in [6.45, 7) is 1.69. The monoisotopic (exact) mass is 289 g/mol. The fourth-order valence-corrected chi connectivity index (χ4v) is 5.45. The van der Waals surface area contributed by atoms with Gasteiger partial charge in [-0.1, -0.05) is 0 Å². The minimum absolute atomic E-state index is 0.0412. The zero-order valence-corrected chi connectivity index (χ0v) is 10.1. The van der Waals surface area contributed by atoms with Crippen molar-refractivity contribution in [3.05, 3.63) is 0 Å². The maximum atomic E-state index is 12.8. The Bertz CT molecular complexity index is 211. The first kappa shape index (κ1) is 11.7. The molecule has 0 amide bonds. The molecule has 3 rings (SSSR count). The first-order valence-corrected chi connectivity index (χ1v) is 8.36. The SMILES string of the molecule is F[C](F)(F)[Ge]12[O]CCN(CC[O]1)CC[O]2. The van der Waals surface area contributed by atoms with E-state index in [1.54, 1.807) is 0 Å². The van der Waals surface area contributed by atoms with E-state index in [1.807, 2.05) is 4.90 Å². The molecule has 8 heteroatoms. The Balaban J connectivity index is 2.19. The molecule has 0 aliphatic carbocycles. The number of hydrogen-bond donors (Lipinski definition) is 0. The summed E-state index contributed by atoms with van der Waals surface area (Å²) in [4.78, 5) is 1.97. The van der Waals surface area contributed by atoms with Crippen LogP contribution in [0.25, 0.3) is 0 Å². The van der Waals surface area contributed by atoms with Crippen molar-refractivity contribution < 1.29 is 24.5 Å². The van der Waals surface area contributed by atoms with E-state index in [2.05, 4.69) is 0 Å². The summed E-state index contributed by atoms with van der Waals surface area (Å²) < 4.78 is 53.1. The summed E-state index contributed by atoms with van der Waals surface area (Å²) in [7, 11) is 0. The Labute approximate surface area is 88.7 Å². The quantitative estimate of drug-likeness (QED) is 0.604. The molecular formula is C7H12F3GeNO3. The fourth-order valence-electron chi connectivity index (χ4n) is 1.63. The van der Waals surface area contributed by atoms with Crippen LogP contribution in [0.15, 0.2) is 0 Å². The van der Waals surface area contributed by atoms with Crippen molar-refractivity contribution in [1.29, 1.82) is 0 Å². The van der Waals surface area contributed by atoms with E-state index >= 15 is 0 Å². The molecule has 0 aromatic carbocycles. The zero-order valence-electron chi connectivity index (χ0n) is 8.05. The van der Waals surface area contributed by atoms with E-state index in [9.17, 15) is 13.2 Å². The Hall–Kier alpha value is 0.173. The molecule has 3 saturated heterocycles. The molecule has 2 bridgehead atoms. The normalized spacial score (nSPS) is 38.2. The second-order valence-corrected chi connectivity index (χ2v) is 8.78. The van der Waals surface area contributed by atoms with Crippen molar-refractivity contribution in [3.63, 3.8) is 0 Å². The number of alkyl halides is 3. The van der Waals surface area contributed by atoms with Gasteiger partial charge in [-0.3, -0.25) is 0 Å². The van der Waals surface area contributed by atoms with Crippen LogP contribution in [0.1, 0.15) is 0 Å². The molecule has 0 unspecified atom stereocenters. The van der Waals surface area contributed by atoms with Gasteiger partial charge in [0.15, 0.2) is 0 Å². The molecule has 3 aliphatic rings. The molecule has 0 N–H and O–H groups in total. The fraction of sp³-hybridized carbons (Fsp3) is 1.00. The van der Waals surface area contributed by atoms with Crippen LogP contribution in [-0.2, 0) is 11.3 Å². The van der Waals surface area contributed by atoms with Crippen LogP contribution in [0.4, 0.5) is 13.2 Å². The van der Waals surface area contributed by atoms with Crippen LogP contribution in [0, 0.1) is 0 Å². The number of nitrogens with zero attached hydrogens (tertiary/aromatic N) is 1. The average molecular weight is 288 g/mol. The van der Waals surface area contributed by atoms with Crippen LogP contribution < -0.4 is 0 Å². The number of hydrogen-bond acceptors (Lipinski definition) is 4. The third-order valence-corrected chi connectivity index (χ3v) is 7.58. The average Bonchev–Trinajstić information content (AvgIpc) is 1.96. The van der Waals surface area contributed by atoms with Crippen molar-refractivity contribution in [3.8, 4) is 0 Å². The molecule has 0 saturated carbocycles. The third kappa shape index (κ3) is 2.31. The molecule has 3 aliphatic heterocycles. The molecule has 0 atom stereocenters. The van der Waals surface area contributed by atoms with Gasteiger partial charge in [-0.2, -0.15) is 0 Å². The molecule has 0 spiro atoms. The topological polar surface area (TPSA) is 30.9 Å². The summed E-state index contributed by atoms with van der Waals surface area (Å²) in [5, 5.41) is -4.47. The molecule has 0 aromatic rings. The Morgan fingerprint density at radius 3 is 1.60 bits per heavy atom. The minimum atomic E-state index is -5.02. The van der Waals surface area contributed by atoms with E-state index in [-0.39, 0.29) is 19.8 Å². The van der Waals surface area contributed by atoms with Crippen molar-refractivity contribution in [1.82, 2.24) is 4.90 Å². The van der Waals surface area contributed by atoms with Crippen LogP contribution in [0.3, 0.4) is 0 Å². The van der Waals surface area contributed by atoms with Gasteiger partial charge in [-0.15, -0.1) is 0 Å². The summed E-state index contributed by atoms with van der Waals surface area (Å²) in [5.41, 5.74) is 0. The summed E-state index contributed by atoms with van der Waals surface area (Å²) in [6.07, 6.45) is 0. The summed E-state index contributed by atoms with van der Waals surface area (Å²) in [6, 6.07) is 0. The molecule has 88 valence electrons. The van der Waals surface area contributed by atoms with Crippen molar-refractivity contribution in [2.75, 3.05) is 39.5 Å². The number of halogens is 3. The Kier molecular flexibility index (Phi) is 3.27. The van der Waals surface area contributed by atoms with E-state index < -0.39 is 19.3 Å². The van der Waals surface area contributed by atoms with E-state index in [1.165, 1.54) is 0 Å². The van der Waals surface area contributed by atoms with Crippen molar-refractivity contribution in [2.24, 2.45) is 0 Å². The van der Waals surface area contributed by atoms with E-state index in [0.717, 1.165) is 0 Å². The van der Waals surface area contributed by atoms with Gasteiger partial charge in [-0.25, -0.2) is 0 Å². The molecule has 3 heterocycles. The van der Waals surface area contributed by atoms with Gasteiger partial charge in [-0.05, 0) is 0 Å². The predicted molar refractivity (Wildman–Crippen MR) is 46.1 cm³/mol. The van der Waals surface area contributed by atoms with E-state index in [4.69, 9.17) is 11.3 Å². The van der Waals surface area contributed by atoms with Gasteiger partial charge in [0.2, 0.25) is 0 Å². The van der Waals surface area contributed by atoms with Crippen molar-refractivity contribution in [2.45, 2.75) is 5.01 Å². The van der Waals surface area contributed by atoms with Gasteiger partial charge in [0.05, 0.1) is 0 Å². The summed E-state index contributed by atoms with van der Waals surface area (Å²) >= 11 is -5.02. The molecular weight excluding hydrogens is 276 g/mol. The van der Waals surface area contributed by atoms with Gasteiger partial charge < -0.3 is 0 Å². The zero-order chi connectivity index (χ0) is 10.9. The first-order valence-electron chi connectivity index (χ1n) is 4.74. The number of fused-ring (bicyclic) bond motifs is 6.